The fourth-order valence-corrected chi connectivity index (χ4v) is 5.39. The van der Waals surface area contributed by atoms with E-state index in [1.165, 1.54) is 12.1 Å². The van der Waals surface area contributed by atoms with Gasteiger partial charge < -0.3 is 15.1 Å². The van der Waals surface area contributed by atoms with Gasteiger partial charge in [-0.15, -0.1) is 0 Å². The number of carbonyl (C=O) groups is 2. The van der Waals surface area contributed by atoms with E-state index < -0.39 is 11.7 Å². The number of nitrogens with zero attached hydrogens (tertiary/aromatic N) is 2. The van der Waals surface area contributed by atoms with Gasteiger partial charge in [0.2, 0.25) is 11.8 Å². The van der Waals surface area contributed by atoms with Gasteiger partial charge >= 0.3 is 6.18 Å². The van der Waals surface area contributed by atoms with Gasteiger partial charge in [-0.3, -0.25) is 9.59 Å². The lowest BCUT2D eigenvalue weighted by Crippen LogP contribution is -2.43. The third-order valence-electron chi connectivity index (χ3n) is 7.75. The lowest BCUT2D eigenvalue weighted by molar-refractivity contribution is -0.137. The number of piperidine rings is 1. The number of amides is 2. The topological polar surface area (TPSA) is 52.7 Å². The molecular formula is C29H36F3N3O2. The summed E-state index contributed by atoms with van der Waals surface area (Å²) >= 11 is 0. The van der Waals surface area contributed by atoms with Crippen molar-refractivity contribution in [2.45, 2.75) is 58.3 Å². The molecule has 200 valence electrons. The van der Waals surface area contributed by atoms with E-state index in [-0.39, 0.29) is 29.2 Å². The van der Waals surface area contributed by atoms with Crippen molar-refractivity contribution in [2.24, 2.45) is 11.3 Å². The molecule has 2 aliphatic rings. The van der Waals surface area contributed by atoms with E-state index in [0.29, 0.717) is 25.1 Å². The molecule has 1 spiro atoms. The quantitative estimate of drug-likeness (QED) is 0.511. The fourth-order valence-electron chi connectivity index (χ4n) is 5.39. The van der Waals surface area contributed by atoms with Crippen LogP contribution in [0.25, 0.3) is 0 Å². The van der Waals surface area contributed by atoms with E-state index in [4.69, 9.17) is 0 Å². The first-order valence-electron chi connectivity index (χ1n) is 13.1. The Hall–Kier alpha value is -2.87. The summed E-state index contributed by atoms with van der Waals surface area (Å²) in [4.78, 5) is 29.4. The molecular weight excluding hydrogens is 479 g/mol. The molecule has 2 aliphatic heterocycles. The minimum absolute atomic E-state index is 0.0423. The van der Waals surface area contributed by atoms with Crippen LogP contribution in [0.5, 0.6) is 0 Å². The average Bonchev–Trinajstić information content (AvgIpc) is 3.17. The average molecular weight is 516 g/mol. The zero-order valence-electron chi connectivity index (χ0n) is 21.6. The molecule has 37 heavy (non-hydrogen) atoms. The third kappa shape index (κ3) is 6.92. The zero-order valence-corrected chi connectivity index (χ0v) is 21.6. The summed E-state index contributed by atoms with van der Waals surface area (Å²) in [6.07, 6.45) is -1.22. The third-order valence-corrected chi connectivity index (χ3v) is 7.75. The summed E-state index contributed by atoms with van der Waals surface area (Å²) < 4.78 is 38.5. The van der Waals surface area contributed by atoms with Gasteiger partial charge in [0.25, 0.3) is 0 Å². The molecule has 1 atom stereocenters. The van der Waals surface area contributed by atoms with E-state index in [2.05, 4.69) is 10.2 Å². The standard InChI is InChI=1S/C29H36F3N3O2/c1-21(2)27(37)33-25(23-6-4-3-5-7-23)12-15-34-16-13-28(14-17-34)18-26(36)35(20-28)19-22-8-10-24(11-9-22)29(30,31)32/h3-11,21,25H,12-20H2,1-2H3,(H,33,37)/t25-/m0/s1. The molecule has 0 bridgehead atoms. The van der Waals surface area contributed by atoms with Crippen molar-refractivity contribution in [3.05, 3.63) is 71.3 Å². The van der Waals surface area contributed by atoms with E-state index >= 15 is 0 Å². The molecule has 2 fully saturated rings. The molecule has 2 heterocycles. The van der Waals surface area contributed by atoms with Crippen molar-refractivity contribution < 1.29 is 22.8 Å². The first-order chi connectivity index (χ1) is 17.5. The minimum atomic E-state index is -4.36. The highest BCUT2D eigenvalue weighted by atomic mass is 19.4. The molecule has 4 rings (SSSR count). The second-order valence-electron chi connectivity index (χ2n) is 10.9. The van der Waals surface area contributed by atoms with E-state index in [1.807, 2.05) is 44.2 Å². The van der Waals surface area contributed by atoms with Gasteiger partial charge in [0.1, 0.15) is 0 Å². The second kappa shape index (κ2) is 11.3. The number of alkyl halides is 3. The Labute approximate surface area is 217 Å². The molecule has 8 heteroatoms. The predicted octanol–water partition coefficient (Wildman–Crippen LogP) is 5.42. The van der Waals surface area contributed by atoms with Gasteiger partial charge in [-0.1, -0.05) is 56.3 Å². The van der Waals surface area contributed by atoms with Gasteiger partial charge in [-0.05, 0) is 61.0 Å². The molecule has 2 amide bonds. The molecule has 0 saturated carbocycles. The molecule has 2 aromatic carbocycles. The minimum Gasteiger partial charge on any atom is -0.349 e. The van der Waals surface area contributed by atoms with Crippen molar-refractivity contribution in [1.82, 2.24) is 15.1 Å². The van der Waals surface area contributed by atoms with Gasteiger partial charge in [0.05, 0.1) is 11.6 Å². The SMILES string of the molecule is CC(C)C(=O)N[C@@H](CCN1CCC2(CC1)CC(=O)N(Cc1ccc(C(F)(F)F)cc1)C2)c1ccccc1. The lowest BCUT2D eigenvalue weighted by Gasteiger charge is -2.39. The highest BCUT2D eigenvalue weighted by Crippen LogP contribution is 2.41. The van der Waals surface area contributed by atoms with Gasteiger partial charge in [-0.25, -0.2) is 0 Å². The maximum absolute atomic E-state index is 12.8. The Bertz CT molecular complexity index is 1060. The monoisotopic (exact) mass is 515 g/mol. The van der Waals surface area contributed by atoms with E-state index in [1.54, 1.807) is 4.90 Å². The largest absolute Gasteiger partial charge is 0.416 e. The zero-order chi connectivity index (χ0) is 26.6. The number of benzene rings is 2. The Morgan fingerprint density at radius 2 is 1.68 bits per heavy atom. The Kier molecular flexibility index (Phi) is 8.26. The van der Waals surface area contributed by atoms with Crippen LogP contribution >= 0.6 is 0 Å². The van der Waals surface area contributed by atoms with Crippen molar-refractivity contribution in [3.8, 4) is 0 Å². The van der Waals surface area contributed by atoms with Crippen molar-refractivity contribution in [3.63, 3.8) is 0 Å². The number of rotatable bonds is 8. The molecule has 5 nitrogen and oxygen atoms in total. The van der Waals surface area contributed by atoms with Gasteiger partial charge in [-0.2, -0.15) is 13.2 Å². The molecule has 0 radical (unpaired) electrons. The smallest absolute Gasteiger partial charge is 0.349 e. The summed E-state index contributed by atoms with van der Waals surface area (Å²) in [6, 6.07) is 15.1. The molecule has 1 N–H and O–H groups in total. The normalized spacial score (nSPS) is 19.0. The number of carbonyl (C=O) groups excluding carboxylic acids is 2. The molecule has 2 aromatic rings. The number of nitrogens with one attached hydrogen (secondary N) is 1. The van der Waals surface area contributed by atoms with Crippen LogP contribution in [0.1, 0.15) is 62.3 Å². The van der Waals surface area contributed by atoms with E-state index in [0.717, 1.165) is 56.6 Å². The Balaban J connectivity index is 1.30. The number of hydrogen-bond donors (Lipinski definition) is 1. The van der Waals surface area contributed by atoms with Crippen LogP contribution < -0.4 is 5.32 Å². The molecule has 2 saturated heterocycles. The number of halogens is 3. The van der Waals surface area contributed by atoms with Crippen molar-refractivity contribution >= 4 is 11.8 Å². The Morgan fingerprint density at radius 3 is 2.27 bits per heavy atom. The van der Waals surface area contributed by atoms with Crippen LogP contribution in [0.2, 0.25) is 0 Å². The summed E-state index contributed by atoms with van der Waals surface area (Å²) in [5, 5.41) is 3.19. The highest BCUT2D eigenvalue weighted by molar-refractivity contribution is 5.79. The molecule has 0 unspecified atom stereocenters. The van der Waals surface area contributed by atoms with Crippen LogP contribution in [-0.4, -0.2) is 47.8 Å². The molecule has 0 aliphatic carbocycles. The number of likely N-dealkylation sites (tertiary alicyclic amines) is 2. The van der Waals surface area contributed by atoms with Crippen LogP contribution in [0.3, 0.4) is 0 Å². The first kappa shape index (κ1) is 27.2. The molecule has 0 aromatic heterocycles. The van der Waals surface area contributed by atoms with Gasteiger partial charge in [0, 0.05) is 32.0 Å². The summed E-state index contributed by atoms with van der Waals surface area (Å²) in [7, 11) is 0. The van der Waals surface area contributed by atoms with Crippen LogP contribution in [0.15, 0.2) is 54.6 Å². The summed E-state index contributed by atoms with van der Waals surface area (Å²) in [6.45, 7) is 7.42. The van der Waals surface area contributed by atoms with Crippen molar-refractivity contribution in [2.75, 3.05) is 26.2 Å². The first-order valence-corrected chi connectivity index (χ1v) is 13.1. The maximum Gasteiger partial charge on any atom is 0.416 e. The lowest BCUT2D eigenvalue weighted by atomic mass is 9.77. The van der Waals surface area contributed by atoms with Crippen LogP contribution in [0.4, 0.5) is 13.2 Å². The number of hydrogen-bond acceptors (Lipinski definition) is 3. The maximum atomic E-state index is 12.8. The Morgan fingerprint density at radius 1 is 1.03 bits per heavy atom. The predicted molar refractivity (Wildman–Crippen MR) is 136 cm³/mol. The van der Waals surface area contributed by atoms with Gasteiger partial charge in [0.15, 0.2) is 0 Å². The fraction of sp³-hybridized carbons (Fsp3) is 0.517. The van der Waals surface area contributed by atoms with Crippen LogP contribution in [0, 0.1) is 11.3 Å². The summed E-state index contributed by atoms with van der Waals surface area (Å²) in [5.41, 5.74) is 1.08. The summed E-state index contributed by atoms with van der Waals surface area (Å²) in [5.74, 6) is 0.0458. The van der Waals surface area contributed by atoms with Crippen LogP contribution in [-0.2, 0) is 22.3 Å². The van der Waals surface area contributed by atoms with Crippen molar-refractivity contribution in [1.29, 1.82) is 0 Å². The van der Waals surface area contributed by atoms with E-state index in [9.17, 15) is 22.8 Å². The highest BCUT2D eigenvalue weighted by Gasteiger charge is 2.44. The second-order valence-corrected chi connectivity index (χ2v) is 10.9.